The van der Waals surface area contributed by atoms with Crippen LogP contribution in [0.3, 0.4) is 0 Å². The summed E-state index contributed by atoms with van der Waals surface area (Å²) in [6.07, 6.45) is 9.27. The number of hydrogen-bond acceptors (Lipinski definition) is 6. The predicted molar refractivity (Wildman–Crippen MR) is 132 cm³/mol. The van der Waals surface area contributed by atoms with Crippen molar-refractivity contribution in [1.29, 1.82) is 0 Å². The molecule has 0 unspecified atom stereocenters. The number of nitrogens with one attached hydrogen (secondary N) is 2. The molecule has 1 amide bonds. The minimum Gasteiger partial charge on any atom is -0.474 e. The van der Waals surface area contributed by atoms with E-state index >= 15 is 0 Å². The summed E-state index contributed by atoms with van der Waals surface area (Å²) in [5, 5.41) is 12.6. The minimum absolute atomic E-state index is 0.121. The van der Waals surface area contributed by atoms with Crippen LogP contribution in [-0.2, 0) is 0 Å². The topological polar surface area (TPSA) is 94.0 Å². The van der Waals surface area contributed by atoms with Crippen molar-refractivity contribution < 1.29 is 9.53 Å². The van der Waals surface area contributed by atoms with Gasteiger partial charge in [-0.05, 0) is 68.9 Å². The summed E-state index contributed by atoms with van der Waals surface area (Å²) >= 11 is 0. The van der Waals surface area contributed by atoms with Crippen molar-refractivity contribution >= 4 is 22.5 Å². The summed E-state index contributed by atoms with van der Waals surface area (Å²) in [4.78, 5) is 21.6. The summed E-state index contributed by atoms with van der Waals surface area (Å²) in [6.45, 7) is 6.06. The van der Waals surface area contributed by atoms with Gasteiger partial charge in [-0.3, -0.25) is 9.48 Å². The van der Waals surface area contributed by atoms with E-state index in [1.165, 1.54) is 0 Å². The second-order valence-electron chi connectivity index (χ2n) is 8.84. The molecule has 1 aromatic carbocycles. The molecule has 4 heterocycles. The van der Waals surface area contributed by atoms with E-state index in [0.717, 1.165) is 47.8 Å². The molecule has 8 heteroatoms. The Labute approximate surface area is 198 Å². The van der Waals surface area contributed by atoms with Crippen molar-refractivity contribution in [3.63, 3.8) is 0 Å². The van der Waals surface area contributed by atoms with Crippen LogP contribution in [0.25, 0.3) is 21.9 Å². The smallest absolute Gasteiger partial charge is 0.257 e. The summed E-state index contributed by atoms with van der Waals surface area (Å²) in [5.74, 6) is 0.710. The highest BCUT2D eigenvalue weighted by Gasteiger charge is 2.16. The van der Waals surface area contributed by atoms with Gasteiger partial charge in [-0.2, -0.15) is 5.10 Å². The van der Waals surface area contributed by atoms with Crippen LogP contribution in [0.15, 0.2) is 61.2 Å². The van der Waals surface area contributed by atoms with Crippen LogP contribution in [0.1, 0.15) is 43.1 Å². The number of nitrogens with zero attached hydrogens (tertiary/aromatic N) is 4. The third kappa shape index (κ3) is 4.92. The fraction of sp³-hybridized carbons (Fsp3) is 0.308. The molecule has 0 radical (unpaired) electrons. The summed E-state index contributed by atoms with van der Waals surface area (Å²) < 4.78 is 7.91. The van der Waals surface area contributed by atoms with Gasteiger partial charge in [-0.1, -0.05) is 12.1 Å². The van der Waals surface area contributed by atoms with E-state index < -0.39 is 0 Å². The Morgan fingerprint density at radius 3 is 2.71 bits per heavy atom. The zero-order valence-corrected chi connectivity index (χ0v) is 19.4. The Morgan fingerprint density at radius 1 is 1.06 bits per heavy atom. The van der Waals surface area contributed by atoms with Crippen LogP contribution in [0, 0.1) is 0 Å². The number of carbonyl (C=O) groups excluding carboxylic acids is 1. The van der Waals surface area contributed by atoms with Crippen molar-refractivity contribution in [2.75, 3.05) is 18.4 Å². The van der Waals surface area contributed by atoms with Crippen LogP contribution < -0.4 is 15.4 Å². The van der Waals surface area contributed by atoms with Gasteiger partial charge in [0.25, 0.3) is 5.91 Å². The molecule has 1 saturated heterocycles. The van der Waals surface area contributed by atoms with E-state index in [1.807, 2.05) is 29.2 Å². The van der Waals surface area contributed by atoms with Gasteiger partial charge in [0.1, 0.15) is 11.9 Å². The maximum absolute atomic E-state index is 12.9. The molecular weight excluding hydrogens is 428 g/mol. The molecule has 8 nitrogen and oxygen atoms in total. The number of piperidine rings is 1. The molecular formula is C26H28N6O2. The van der Waals surface area contributed by atoms with Crippen LogP contribution in [0.5, 0.6) is 5.88 Å². The zero-order valence-electron chi connectivity index (χ0n) is 19.4. The highest BCUT2D eigenvalue weighted by Crippen LogP contribution is 2.26. The summed E-state index contributed by atoms with van der Waals surface area (Å²) in [5.41, 5.74) is 2.60. The van der Waals surface area contributed by atoms with Crippen LogP contribution in [-0.4, -0.2) is 44.8 Å². The Kier molecular flexibility index (Phi) is 6.22. The molecule has 1 aliphatic rings. The Morgan fingerprint density at radius 2 is 1.91 bits per heavy atom. The fourth-order valence-electron chi connectivity index (χ4n) is 4.05. The van der Waals surface area contributed by atoms with E-state index in [-0.39, 0.29) is 12.0 Å². The van der Waals surface area contributed by atoms with Gasteiger partial charge < -0.3 is 15.4 Å². The monoisotopic (exact) mass is 456 g/mol. The molecule has 0 atom stereocenters. The molecule has 34 heavy (non-hydrogen) atoms. The maximum Gasteiger partial charge on any atom is 0.257 e. The number of ether oxygens (including phenoxy) is 1. The molecule has 1 aliphatic heterocycles. The molecule has 0 bridgehead atoms. The maximum atomic E-state index is 12.9. The van der Waals surface area contributed by atoms with Gasteiger partial charge in [0.05, 0.1) is 6.20 Å². The van der Waals surface area contributed by atoms with Gasteiger partial charge in [0.2, 0.25) is 5.88 Å². The predicted octanol–water partition coefficient (Wildman–Crippen LogP) is 4.46. The standard InChI is InChI=1S/C26H28N6O2/c1-17(2)32-16-22(15-30-32)18-3-4-20-14-29-24(12-21(20)11-18)31-26(33)19-5-10-28-25(13-19)34-23-6-8-27-9-7-23/h3-5,10-17,23,27H,6-9H2,1-2H3,(H,29,31,33). The Bertz CT molecular complexity index is 1310. The van der Waals surface area contributed by atoms with E-state index in [0.29, 0.717) is 23.3 Å². The van der Waals surface area contributed by atoms with Crippen molar-refractivity contribution in [3.8, 4) is 17.0 Å². The molecule has 4 aromatic rings. The van der Waals surface area contributed by atoms with E-state index in [9.17, 15) is 4.79 Å². The second kappa shape index (κ2) is 9.61. The molecule has 174 valence electrons. The normalized spacial score (nSPS) is 14.4. The summed E-state index contributed by atoms with van der Waals surface area (Å²) in [7, 11) is 0. The largest absolute Gasteiger partial charge is 0.474 e. The van der Waals surface area contributed by atoms with Crippen LogP contribution in [0.4, 0.5) is 5.82 Å². The highest BCUT2D eigenvalue weighted by molar-refractivity contribution is 6.04. The first kappa shape index (κ1) is 22.0. The lowest BCUT2D eigenvalue weighted by Gasteiger charge is -2.23. The van der Waals surface area contributed by atoms with Crippen molar-refractivity contribution in [3.05, 3.63) is 66.7 Å². The van der Waals surface area contributed by atoms with E-state index in [2.05, 4.69) is 51.7 Å². The number of carbonyl (C=O) groups is 1. The molecule has 3 aromatic heterocycles. The summed E-state index contributed by atoms with van der Waals surface area (Å²) in [6, 6.07) is 11.7. The first-order valence-electron chi connectivity index (χ1n) is 11.6. The third-order valence-electron chi connectivity index (χ3n) is 6.00. The Balaban J connectivity index is 1.33. The molecule has 2 N–H and O–H groups in total. The highest BCUT2D eigenvalue weighted by atomic mass is 16.5. The molecule has 1 fully saturated rings. The Hall–Kier alpha value is -3.78. The van der Waals surface area contributed by atoms with Crippen LogP contribution >= 0.6 is 0 Å². The molecule has 0 aliphatic carbocycles. The zero-order chi connectivity index (χ0) is 23.5. The number of pyridine rings is 2. The van der Waals surface area contributed by atoms with Gasteiger partial charge in [-0.15, -0.1) is 0 Å². The van der Waals surface area contributed by atoms with Gasteiger partial charge in [0.15, 0.2) is 0 Å². The number of hydrogen-bond donors (Lipinski definition) is 2. The lowest BCUT2D eigenvalue weighted by molar-refractivity contribution is 0.102. The number of benzene rings is 1. The molecule has 0 saturated carbocycles. The quantitative estimate of drug-likeness (QED) is 0.445. The van der Waals surface area contributed by atoms with Crippen molar-refractivity contribution in [2.45, 2.75) is 38.8 Å². The number of fused-ring (bicyclic) bond motifs is 1. The number of anilines is 1. The van der Waals surface area contributed by atoms with Gasteiger partial charge in [0, 0.05) is 47.2 Å². The number of aromatic nitrogens is 4. The first-order chi connectivity index (χ1) is 16.5. The average Bonchev–Trinajstić information content (AvgIpc) is 3.35. The number of rotatable bonds is 6. The SMILES string of the molecule is CC(C)n1cc(-c2ccc3cnc(NC(=O)c4ccnc(OC5CCNCC5)c4)cc3c2)cn1. The van der Waals surface area contributed by atoms with E-state index in [1.54, 1.807) is 24.5 Å². The van der Waals surface area contributed by atoms with E-state index in [4.69, 9.17) is 4.74 Å². The first-order valence-corrected chi connectivity index (χ1v) is 11.6. The lowest BCUT2D eigenvalue weighted by Crippen LogP contribution is -2.34. The average molecular weight is 457 g/mol. The van der Waals surface area contributed by atoms with Crippen molar-refractivity contribution in [1.82, 2.24) is 25.1 Å². The second-order valence-corrected chi connectivity index (χ2v) is 8.84. The fourth-order valence-corrected chi connectivity index (χ4v) is 4.05. The number of amides is 1. The molecule has 5 rings (SSSR count). The third-order valence-corrected chi connectivity index (χ3v) is 6.00. The minimum atomic E-state index is -0.251. The van der Waals surface area contributed by atoms with Crippen LogP contribution in [0.2, 0.25) is 0 Å². The lowest BCUT2D eigenvalue weighted by atomic mass is 10.0. The molecule has 0 spiro atoms. The van der Waals surface area contributed by atoms with Crippen molar-refractivity contribution in [2.24, 2.45) is 0 Å². The van der Waals surface area contributed by atoms with Gasteiger partial charge in [-0.25, -0.2) is 9.97 Å². The van der Waals surface area contributed by atoms with Gasteiger partial charge >= 0.3 is 0 Å².